The normalized spacial score (nSPS) is 17.1. The predicted molar refractivity (Wildman–Crippen MR) is 106 cm³/mol. The minimum absolute atomic E-state index is 0.0636. The van der Waals surface area contributed by atoms with Crippen LogP contribution in [-0.4, -0.2) is 76.8 Å². The van der Waals surface area contributed by atoms with E-state index >= 15 is 0 Å². The Morgan fingerprint density at radius 1 is 1.48 bits per heavy atom. The molecule has 0 spiro atoms. The zero-order valence-electron chi connectivity index (χ0n) is 16.0. The molecule has 150 valence electrons. The van der Waals surface area contributed by atoms with Gasteiger partial charge in [-0.1, -0.05) is 11.6 Å². The fourth-order valence-corrected chi connectivity index (χ4v) is 2.82. The molecule has 0 aliphatic carbocycles. The van der Waals surface area contributed by atoms with Crippen LogP contribution in [0.3, 0.4) is 0 Å². The monoisotopic (exact) mass is 399 g/mol. The topological polar surface area (TPSA) is 69.2 Å². The summed E-state index contributed by atoms with van der Waals surface area (Å²) in [4.78, 5) is 19.7. The van der Waals surface area contributed by atoms with Gasteiger partial charge >= 0.3 is 0 Å². The third-order valence-electron chi connectivity index (χ3n) is 4.27. The molecule has 2 N–H and O–H groups in total. The summed E-state index contributed by atoms with van der Waals surface area (Å²) in [6, 6.07) is 4.97. The molecule has 1 amide bonds. The molecule has 27 heavy (non-hydrogen) atoms. The highest BCUT2D eigenvalue weighted by Crippen LogP contribution is 2.24. The fourth-order valence-electron chi connectivity index (χ4n) is 2.70. The van der Waals surface area contributed by atoms with Crippen molar-refractivity contribution in [2.24, 2.45) is 4.99 Å². The van der Waals surface area contributed by atoms with Gasteiger partial charge < -0.3 is 25.2 Å². The molecule has 2 rings (SSSR count). The molecule has 1 atom stereocenters. The van der Waals surface area contributed by atoms with Crippen molar-refractivity contribution in [3.63, 3.8) is 0 Å². The first-order chi connectivity index (χ1) is 12.9. The maximum absolute atomic E-state index is 13.7. The van der Waals surface area contributed by atoms with Gasteiger partial charge in [-0.3, -0.25) is 4.79 Å². The van der Waals surface area contributed by atoms with Gasteiger partial charge in [0.05, 0.1) is 11.6 Å². The number of ether oxygens (including phenoxy) is 1. The predicted octanol–water partition coefficient (Wildman–Crippen LogP) is 1.33. The first kappa shape index (κ1) is 21.2. The Morgan fingerprint density at radius 2 is 2.26 bits per heavy atom. The number of methoxy groups -OCH3 is 1. The Bertz CT molecular complexity index is 671. The van der Waals surface area contributed by atoms with Gasteiger partial charge in [-0.05, 0) is 24.6 Å². The third kappa shape index (κ3) is 6.55. The molecule has 1 heterocycles. The van der Waals surface area contributed by atoms with E-state index in [0.717, 1.165) is 18.7 Å². The molecule has 0 radical (unpaired) electrons. The SMILES string of the molecule is COCCNC(=NCC(=O)N(C)C)NC1CCN(c2ccc(Cl)c(F)c2)C1. The van der Waals surface area contributed by atoms with Gasteiger partial charge in [0.15, 0.2) is 5.96 Å². The highest BCUT2D eigenvalue weighted by molar-refractivity contribution is 6.30. The van der Waals surface area contributed by atoms with E-state index < -0.39 is 5.82 Å². The number of hydrogen-bond donors (Lipinski definition) is 2. The number of anilines is 1. The lowest BCUT2D eigenvalue weighted by atomic mass is 10.2. The van der Waals surface area contributed by atoms with Crippen molar-refractivity contribution >= 4 is 29.2 Å². The molecule has 1 aliphatic heterocycles. The van der Waals surface area contributed by atoms with Gasteiger partial charge in [0.1, 0.15) is 12.4 Å². The van der Waals surface area contributed by atoms with E-state index in [1.807, 2.05) is 6.07 Å². The van der Waals surface area contributed by atoms with Crippen molar-refractivity contribution in [2.45, 2.75) is 12.5 Å². The number of hydrogen-bond acceptors (Lipinski definition) is 4. The maximum Gasteiger partial charge on any atom is 0.243 e. The minimum atomic E-state index is -0.420. The zero-order chi connectivity index (χ0) is 19.8. The summed E-state index contributed by atoms with van der Waals surface area (Å²) in [5.74, 6) is 0.0696. The molecular formula is C18H27ClFN5O2. The van der Waals surface area contributed by atoms with Crippen molar-refractivity contribution in [1.29, 1.82) is 0 Å². The Balaban J connectivity index is 1.96. The van der Waals surface area contributed by atoms with Crippen LogP contribution in [0.2, 0.25) is 5.02 Å². The average Bonchev–Trinajstić information content (AvgIpc) is 3.10. The Kier molecular flexibility index (Phi) is 8.12. The van der Waals surface area contributed by atoms with Gasteiger partial charge in [-0.2, -0.15) is 0 Å². The summed E-state index contributed by atoms with van der Waals surface area (Å²) in [7, 11) is 5.02. The fraction of sp³-hybridized carbons (Fsp3) is 0.556. The number of halogens is 2. The summed E-state index contributed by atoms with van der Waals surface area (Å²) in [5.41, 5.74) is 0.801. The van der Waals surface area contributed by atoms with Crippen LogP contribution in [0.4, 0.5) is 10.1 Å². The van der Waals surface area contributed by atoms with Crippen molar-refractivity contribution in [1.82, 2.24) is 15.5 Å². The lowest BCUT2D eigenvalue weighted by molar-refractivity contribution is -0.127. The van der Waals surface area contributed by atoms with Crippen molar-refractivity contribution in [2.75, 3.05) is 58.9 Å². The number of aliphatic imine (C=N–C) groups is 1. The second kappa shape index (κ2) is 10.3. The molecular weight excluding hydrogens is 373 g/mol. The van der Waals surface area contributed by atoms with Crippen molar-refractivity contribution < 1.29 is 13.9 Å². The van der Waals surface area contributed by atoms with Gasteiger partial charge in [0.2, 0.25) is 5.91 Å². The molecule has 1 aromatic carbocycles. The van der Waals surface area contributed by atoms with Crippen LogP contribution in [0.15, 0.2) is 23.2 Å². The van der Waals surface area contributed by atoms with Crippen molar-refractivity contribution in [3.8, 4) is 0 Å². The molecule has 0 aromatic heterocycles. The number of benzene rings is 1. The Hall–Kier alpha value is -2.06. The van der Waals surface area contributed by atoms with E-state index in [4.69, 9.17) is 16.3 Å². The Morgan fingerprint density at radius 3 is 2.93 bits per heavy atom. The third-order valence-corrected chi connectivity index (χ3v) is 4.57. The van der Waals surface area contributed by atoms with Crippen LogP contribution in [0.1, 0.15) is 6.42 Å². The molecule has 1 fully saturated rings. The molecule has 0 bridgehead atoms. The van der Waals surface area contributed by atoms with Gasteiger partial charge in [0.25, 0.3) is 0 Å². The lowest BCUT2D eigenvalue weighted by Crippen LogP contribution is -2.46. The second-order valence-corrected chi connectivity index (χ2v) is 6.95. The van der Waals surface area contributed by atoms with E-state index in [2.05, 4.69) is 20.5 Å². The zero-order valence-corrected chi connectivity index (χ0v) is 16.7. The van der Waals surface area contributed by atoms with Crippen molar-refractivity contribution in [3.05, 3.63) is 29.0 Å². The molecule has 9 heteroatoms. The number of nitrogens with zero attached hydrogens (tertiary/aromatic N) is 3. The van der Waals surface area contributed by atoms with E-state index in [1.54, 1.807) is 27.3 Å². The lowest BCUT2D eigenvalue weighted by Gasteiger charge is -2.21. The summed E-state index contributed by atoms with van der Waals surface area (Å²) < 4.78 is 18.7. The van der Waals surface area contributed by atoms with Gasteiger partial charge in [0, 0.05) is 52.6 Å². The average molecular weight is 400 g/mol. The highest BCUT2D eigenvalue weighted by atomic mass is 35.5. The molecule has 1 unspecified atom stereocenters. The maximum atomic E-state index is 13.7. The van der Waals surface area contributed by atoms with Gasteiger partial charge in [-0.25, -0.2) is 9.38 Å². The number of amides is 1. The summed E-state index contributed by atoms with van der Waals surface area (Å²) in [6.45, 7) is 2.67. The molecule has 1 saturated heterocycles. The quantitative estimate of drug-likeness (QED) is 0.411. The van der Waals surface area contributed by atoms with E-state index in [1.165, 1.54) is 11.0 Å². The van der Waals surface area contributed by atoms with Crippen LogP contribution >= 0.6 is 11.6 Å². The second-order valence-electron chi connectivity index (χ2n) is 6.55. The summed E-state index contributed by atoms with van der Waals surface area (Å²) in [6.07, 6.45) is 0.872. The van der Waals surface area contributed by atoms with E-state index in [-0.39, 0.29) is 23.5 Å². The van der Waals surface area contributed by atoms with Crippen LogP contribution in [0, 0.1) is 5.82 Å². The largest absolute Gasteiger partial charge is 0.383 e. The van der Waals surface area contributed by atoms with Crippen LogP contribution < -0.4 is 15.5 Å². The minimum Gasteiger partial charge on any atom is -0.383 e. The van der Waals surface area contributed by atoms with Crippen LogP contribution in [-0.2, 0) is 9.53 Å². The smallest absolute Gasteiger partial charge is 0.243 e. The number of nitrogens with one attached hydrogen (secondary N) is 2. The number of carbonyl (C=O) groups excluding carboxylic acids is 1. The molecule has 7 nitrogen and oxygen atoms in total. The Labute approximate surface area is 164 Å². The summed E-state index contributed by atoms with van der Waals surface area (Å²) in [5, 5.41) is 6.63. The molecule has 0 saturated carbocycles. The standard InChI is InChI=1S/C18H27ClFN5O2/c1-24(2)17(26)11-22-18(21-7-9-27-3)23-13-6-8-25(12-13)14-4-5-15(19)16(20)10-14/h4-5,10,13H,6-9,11-12H2,1-3H3,(H2,21,22,23). The number of likely N-dealkylation sites (N-methyl/N-ethyl adjacent to an activating group) is 1. The number of carbonyl (C=O) groups is 1. The molecule has 1 aliphatic rings. The van der Waals surface area contributed by atoms with Crippen LogP contribution in [0.5, 0.6) is 0 Å². The number of rotatable bonds is 7. The van der Waals surface area contributed by atoms with Gasteiger partial charge in [-0.15, -0.1) is 0 Å². The van der Waals surface area contributed by atoms with Crippen LogP contribution in [0.25, 0.3) is 0 Å². The molecule has 1 aromatic rings. The first-order valence-corrected chi connectivity index (χ1v) is 9.22. The highest BCUT2D eigenvalue weighted by Gasteiger charge is 2.24. The van der Waals surface area contributed by atoms with E-state index in [0.29, 0.717) is 25.7 Å². The summed E-state index contributed by atoms with van der Waals surface area (Å²) >= 11 is 5.76. The number of guanidine groups is 1. The first-order valence-electron chi connectivity index (χ1n) is 8.84. The van der Waals surface area contributed by atoms with E-state index in [9.17, 15) is 9.18 Å².